The monoisotopic (exact) mass is 455 g/mol. The van der Waals surface area contributed by atoms with E-state index < -0.39 is 12.1 Å². The third-order valence-corrected chi connectivity index (χ3v) is 5.64. The van der Waals surface area contributed by atoms with Crippen molar-refractivity contribution < 1.29 is 24.1 Å². The number of methoxy groups -OCH3 is 1. The summed E-state index contributed by atoms with van der Waals surface area (Å²) in [6.07, 6.45) is -0.703. The van der Waals surface area contributed by atoms with E-state index in [2.05, 4.69) is 9.97 Å². The van der Waals surface area contributed by atoms with Crippen LogP contribution < -0.4 is 5.56 Å². The number of aromatic nitrogens is 2. The van der Waals surface area contributed by atoms with E-state index in [4.69, 9.17) is 14.2 Å². The van der Waals surface area contributed by atoms with Crippen LogP contribution >= 0.6 is 11.3 Å². The van der Waals surface area contributed by atoms with Crippen LogP contribution in [0.3, 0.4) is 0 Å². The summed E-state index contributed by atoms with van der Waals surface area (Å²) in [5.41, 5.74) is -0.0681. The summed E-state index contributed by atoms with van der Waals surface area (Å²) >= 11 is 1.15. The Kier molecular flexibility index (Phi) is 9.14. The molecule has 0 radical (unpaired) electrons. The number of H-pyrrole nitrogens is 1. The van der Waals surface area contributed by atoms with Crippen molar-refractivity contribution >= 4 is 27.5 Å². The fraction of sp³-hybridized carbons (Fsp3) is 0.667. The van der Waals surface area contributed by atoms with Gasteiger partial charge < -0.3 is 24.3 Å². The van der Waals surface area contributed by atoms with Gasteiger partial charge in [0, 0.05) is 20.2 Å². The average Bonchev–Trinajstić information content (AvgIpc) is 3.01. The Morgan fingerprint density at radius 2 is 2.06 bits per heavy atom. The first kappa shape index (κ1) is 25.4. The van der Waals surface area contributed by atoms with Gasteiger partial charge in [-0.25, -0.2) is 9.78 Å². The van der Waals surface area contributed by atoms with Crippen molar-refractivity contribution in [3.63, 3.8) is 0 Å². The number of ether oxygens (including phenoxy) is 3. The first-order chi connectivity index (χ1) is 14.6. The van der Waals surface area contributed by atoms with Gasteiger partial charge >= 0.3 is 5.97 Å². The van der Waals surface area contributed by atoms with Gasteiger partial charge in [-0.2, -0.15) is 0 Å². The molecule has 10 heteroatoms. The van der Waals surface area contributed by atoms with Crippen molar-refractivity contribution in [3.05, 3.63) is 26.6 Å². The number of thiophene rings is 1. The van der Waals surface area contributed by atoms with Gasteiger partial charge in [0.1, 0.15) is 15.5 Å². The van der Waals surface area contributed by atoms with Crippen molar-refractivity contribution in [2.24, 2.45) is 0 Å². The van der Waals surface area contributed by atoms with Crippen molar-refractivity contribution in [3.8, 4) is 0 Å². The quantitative estimate of drug-likeness (QED) is 0.495. The fourth-order valence-corrected chi connectivity index (χ4v) is 4.11. The lowest BCUT2D eigenvalue weighted by Crippen LogP contribution is -2.38. The third kappa shape index (κ3) is 7.36. The molecule has 1 atom stereocenters. The van der Waals surface area contributed by atoms with Crippen molar-refractivity contribution in [1.82, 2.24) is 14.9 Å². The summed E-state index contributed by atoms with van der Waals surface area (Å²) < 4.78 is 15.9. The van der Waals surface area contributed by atoms with E-state index in [0.717, 1.165) is 11.3 Å². The Balaban J connectivity index is 2.22. The van der Waals surface area contributed by atoms with Crippen molar-refractivity contribution in [2.45, 2.75) is 52.9 Å². The Morgan fingerprint density at radius 1 is 1.35 bits per heavy atom. The SMILES string of the molecule is CCOC(=O)c1sc2nc(CN(CCOC)C[C@@H](O)COC(C)(C)C)[nH]c(=O)c2c1C. The summed E-state index contributed by atoms with van der Waals surface area (Å²) in [7, 11) is 1.61. The smallest absolute Gasteiger partial charge is 0.348 e. The average molecular weight is 456 g/mol. The minimum Gasteiger partial charge on any atom is -0.462 e. The van der Waals surface area contributed by atoms with Gasteiger partial charge in [0.05, 0.1) is 43.5 Å². The zero-order valence-corrected chi connectivity index (χ0v) is 19.9. The van der Waals surface area contributed by atoms with E-state index >= 15 is 0 Å². The van der Waals surface area contributed by atoms with E-state index in [1.165, 1.54) is 0 Å². The molecule has 0 aliphatic carbocycles. The van der Waals surface area contributed by atoms with Crippen LogP contribution in [-0.4, -0.2) is 77.7 Å². The molecule has 0 amide bonds. The zero-order chi connectivity index (χ0) is 23.2. The van der Waals surface area contributed by atoms with Crippen LogP contribution in [0.2, 0.25) is 0 Å². The van der Waals surface area contributed by atoms with Gasteiger partial charge in [0.25, 0.3) is 5.56 Å². The molecule has 2 aromatic rings. The Morgan fingerprint density at radius 3 is 2.68 bits per heavy atom. The Bertz CT molecular complexity index is 934. The molecular weight excluding hydrogens is 422 g/mol. The maximum atomic E-state index is 12.7. The molecule has 0 aliphatic heterocycles. The van der Waals surface area contributed by atoms with Crippen LogP contribution in [0.15, 0.2) is 4.79 Å². The molecule has 2 rings (SSSR count). The predicted molar refractivity (Wildman–Crippen MR) is 120 cm³/mol. The van der Waals surface area contributed by atoms with Gasteiger partial charge in [0.2, 0.25) is 0 Å². The number of hydrogen-bond acceptors (Lipinski definition) is 9. The fourth-order valence-electron chi connectivity index (χ4n) is 3.02. The number of rotatable bonds is 11. The molecule has 31 heavy (non-hydrogen) atoms. The van der Waals surface area contributed by atoms with Crippen LogP contribution in [0, 0.1) is 6.92 Å². The summed E-state index contributed by atoms with van der Waals surface area (Å²) in [6, 6.07) is 0. The third-order valence-electron chi connectivity index (χ3n) is 4.47. The molecule has 0 saturated heterocycles. The van der Waals surface area contributed by atoms with E-state index in [1.807, 2.05) is 25.7 Å². The first-order valence-electron chi connectivity index (χ1n) is 10.3. The highest BCUT2D eigenvalue weighted by atomic mass is 32.1. The van der Waals surface area contributed by atoms with Gasteiger partial charge in [0.15, 0.2) is 0 Å². The number of aliphatic hydroxyl groups excluding tert-OH is 1. The number of aryl methyl sites for hydroxylation is 1. The molecule has 0 unspecified atom stereocenters. The highest BCUT2D eigenvalue weighted by molar-refractivity contribution is 7.20. The van der Waals surface area contributed by atoms with Crippen LogP contribution in [0.1, 0.15) is 48.8 Å². The molecule has 0 aromatic carbocycles. The van der Waals surface area contributed by atoms with Gasteiger partial charge in [-0.15, -0.1) is 11.3 Å². The molecule has 2 N–H and O–H groups in total. The highest BCUT2D eigenvalue weighted by Crippen LogP contribution is 2.27. The lowest BCUT2D eigenvalue weighted by molar-refractivity contribution is -0.0578. The maximum absolute atomic E-state index is 12.7. The van der Waals surface area contributed by atoms with E-state index in [-0.39, 0.29) is 24.4 Å². The second-order valence-corrected chi connectivity index (χ2v) is 9.27. The van der Waals surface area contributed by atoms with Gasteiger partial charge in [-0.1, -0.05) is 0 Å². The second-order valence-electron chi connectivity index (χ2n) is 8.27. The number of nitrogens with zero attached hydrogens (tertiary/aromatic N) is 2. The number of esters is 1. The van der Waals surface area contributed by atoms with Crippen LogP contribution in [-0.2, 0) is 20.8 Å². The van der Waals surface area contributed by atoms with E-state index in [0.29, 0.717) is 52.7 Å². The van der Waals surface area contributed by atoms with Crippen molar-refractivity contribution in [1.29, 1.82) is 0 Å². The lowest BCUT2D eigenvalue weighted by Gasteiger charge is -2.27. The molecule has 0 bridgehead atoms. The van der Waals surface area contributed by atoms with E-state index in [1.54, 1.807) is 21.0 Å². The largest absolute Gasteiger partial charge is 0.462 e. The topological polar surface area (TPSA) is 114 Å². The molecule has 0 spiro atoms. The van der Waals surface area contributed by atoms with Gasteiger partial charge in [-0.05, 0) is 40.2 Å². The first-order valence-corrected chi connectivity index (χ1v) is 11.1. The molecule has 174 valence electrons. The maximum Gasteiger partial charge on any atom is 0.348 e. The number of hydrogen-bond donors (Lipinski definition) is 2. The van der Waals surface area contributed by atoms with Crippen LogP contribution in [0.5, 0.6) is 0 Å². The number of carbonyl (C=O) groups excluding carboxylic acids is 1. The zero-order valence-electron chi connectivity index (χ0n) is 19.1. The summed E-state index contributed by atoms with van der Waals surface area (Å²) in [5, 5.41) is 10.8. The van der Waals surface area contributed by atoms with E-state index in [9.17, 15) is 14.7 Å². The highest BCUT2D eigenvalue weighted by Gasteiger charge is 2.22. The Labute approximate surface area is 186 Å². The normalized spacial score (nSPS) is 13.2. The number of carbonyl (C=O) groups is 1. The standard InChI is InChI=1S/C21H33N3O6S/c1-7-29-20(27)17-13(2)16-18(26)22-15(23-19(16)31-17)11-24(8-9-28-6)10-14(25)12-30-21(3,4)5/h14,25H,7-12H2,1-6H3,(H,22,23,26)/t14-/m1/s1. The molecular formula is C21H33N3O6S. The summed E-state index contributed by atoms with van der Waals surface area (Å²) in [4.78, 5) is 35.0. The number of nitrogens with one attached hydrogen (secondary N) is 1. The molecule has 2 heterocycles. The molecule has 9 nitrogen and oxygen atoms in total. The summed E-state index contributed by atoms with van der Waals surface area (Å²) in [5.74, 6) is 0.00171. The molecule has 0 aliphatic rings. The molecule has 0 fully saturated rings. The number of aromatic amines is 1. The predicted octanol–water partition coefficient (Wildman–Crippen LogP) is 2.09. The van der Waals surface area contributed by atoms with Crippen LogP contribution in [0.25, 0.3) is 10.2 Å². The summed E-state index contributed by atoms with van der Waals surface area (Å²) in [6.45, 7) is 11.4. The van der Waals surface area contributed by atoms with Crippen LogP contribution in [0.4, 0.5) is 0 Å². The number of aliphatic hydroxyl groups is 1. The van der Waals surface area contributed by atoms with Gasteiger partial charge in [-0.3, -0.25) is 9.69 Å². The minimum atomic E-state index is -0.703. The lowest BCUT2D eigenvalue weighted by atomic mass is 10.2. The minimum absolute atomic E-state index is 0.197. The second kappa shape index (κ2) is 11.1. The molecule has 2 aromatic heterocycles. The van der Waals surface area contributed by atoms with Crippen molar-refractivity contribution in [2.75, 3.05) is 40.0 Å². The molecule has 0 saturated carbocycles. The Hall–Kier alpha value is -1.85. The number of fused-ring (bicyclic) bond motifs is 1.